The fourth-order valence-electron chi connectivity index (χ4n) is 3.71. The molecule has 0 aromatic heterocycles. The fourth-order valence-corrected chi connectivity index (χ4v) is 3.71. The Morgan fingerprint density at radius 2 is 1.35 bits per heavy atom. The van der Waals surface area contributed by atoms with E-state index in [1.54, 1.807) is 4.90 Å². The van der Waals surface area contributed by atoms with Crippen LogP contribution in [0.3, 0.4) is 0 Å². The Morgan fingerprint density at radius 1 is 0.892 bits per heavy atom. The third-order valence-corrected chi connectivity index (χ3v) is 6.05. The van der Waals surface area contributed by atoms with Gasteiger partial charge in [-0.3, -0.25) is 9.69 Å². The number of amides is 1. The monoisotopic (exact) mass is 555 g/mol. The van der Waals surface area contributed by atoms with Crippen LogP contribution < -0.4 is 0 Å². The Balaban J connectivity index is 0.000000404. The number of hydrogen-bond acceptors (Lipinski definition) is 6. The largest absolute Gasteiger partial charge is 0.490 e. The lowest BCUT2D eigenvalue weighted by Gasteiger charge is -2.43. The van der Waals surface area contributed by atoms with Gasteiger partial charge in [0.2, 0.25) is 0 Å². The highest BCUT2D eigenvalue weighted by molar-refractivity contribution is 5.88. The number of hydrogen-bond donors (Lipinski definition) is 2. The van der Waals surface area contributed by atoms with Gasteiger partial charge in [0.05, 0.1) is 13.2 Å². The van der Waals surface area contributed by atoms with Crippen molar-refractivity contribution in [1.29, 1.82) is 0 Å². The first-order valence-electron chi connectivity index (χ1n) is 11.3. The zero-order valence-corrected chi connectivity index (χ0v) is 20.5. The molecule has 3 rings (SSSR count). The highest BCUT2D eigenvalue weighted by atomic mass is 19.4. The minimum Gasteiger partial charge on any atom is -0.475 e. The van der Waals surface area contributed by atoms with E-state index in [1.807, 2.05) is 0 Å². The average molecular weight is 555 g/mol. The third kappa shape index (κ3) is 11.4. The number of halogens is 7. The predicted octanol–water partition coefficient (Wildman–Crippen LogP) is 2.26. The molecule has 0 aromatic rings. The van der Waals surface area contributed by atoms with E-state index in [2.05, 4.69) is 23.9 Å². The number of likely N-dealkylation sites (tertiary alicyclic amines) is 1. The maximum Gasteiger partial charge on any atom is 0.490 e. The molecule has 1 spiro atoms. The molecule has 2 heterocycles. The summed E-state index contributed by atoms with van der Waals surface area (Å²) in [6.45, 7) is 7.01. The van der Waals surface area contributed by atoms with Crippen molar-refractivity contribution in [3.63, 3.8) is 0 Å². The minimum atomic E-state index is -5.08. The highest BCUT2D eigenvalue weighted by Gasteiger charge is 2.53. The van der Waals surface area contributed by atoms with E-state index in [4.69, 9.17) is 24.5 Å². The second-order valence-electron chi connectivity index (χ2n) is 9.50. The van der Waals surface area contributed by atoms with Crippen LogP contribution in [0, 0.1) is 5.41 Å². The van der Waals surface area contributed by atoms with Gasteiger partial charge in [-0.2, -0.15) is 26.3 Å². The van der Waals surface area contributed by atoms with Crippen molar-refractivity contribution in [3.8, 4) is 0 Å². The summed E-state index contributed by atoms with van der Waals surface area (Å²) in [6.07, 6.45) is -7.50. The van der Waals surface area contributed by atoms with Crippen molar-refractivity contribution in [2.45, 2.75) is 43.7 Å². The number of carbonyl (C=O) groups excluding carboxylic acids is 1. The molecule has 3 fully saturated rings. The molecule has 1 aliphatic carbocycles. The van der Waals surface area contributed by atoms with Crippen molar-refractivity contribution >= 4 is 17.8 Å². The topological polar surface area (TPSA) is 111 Å². The molecule has 3 aliphatic rings. The second-order valence-corrected chi connectivity index (χ2v) is 9.50. The number of alkyl halides is 7. The molecule has 9 nitrogen and oxygen atoms in total. The highest BCUT2D eigenvalue weighted by Crippen LogP contribution is 2.43. The van der Waals surface area contributed by atoms with Gasteiger partial charge >= 0.3 is 24.3 Å². The lowest BCUT2D eigenvalue weighted by molar-refractivity contribution is -0.193. The molecule has 0 unspecified atom stereocenters. The van der Waals surface area contributed by atoms with Gasteiger partial charge in [0.25, 0.3) is 5.91 Å². The molecule has 0 radical (unpaired) electrons. The number of carbonyl (C=O) groups is 3. The number of likely N-dealkylation sites (N-methyl/N-ethyl adjacent to an activating group) is 1. The minimum absolute atomic E-state index is 0.132. The summed E-state index contributed by atoms with van der Waals surface area (Å²) in [5.41, 5.74) is -1.39. The molecule has 216 valence electrons. The van der Waals surface area contributed by atoms with Crippen molar-refractivity contribution in [1.82, 2.24) is 14.7 Å². The summed E-state index contributed by atoms with van der Waals surface area (Å²) in [5.74, 6) is -5.79. The van der Waals surface area contributed by atoms with Gasteiger partial charge in [-0.1, -0.05) is 0 Å². The van der Waals surface area contributed by atoms with E-state index in [-0.39, 0.29) is 11.3 Å². The van der Waals surface area contributed by atoms with Crippen LogP contribution in [0.1, 0.15) is 25.7 Å². The summed E-state index contributed by atoms with van der Waals surface area (Å²) >= 11 is 0. The summed E-state index contributed by atoms with van der Waals surface area (Å²) in [4.78, 5) is 36.4. The SMILES string of the molecule is CN(C)CCN1CCOCC2(CCN(C(=O)C3(F)CC3)CC2)C1.O=C(O)C(F)(F)F.O=C(O)C(F)(F)F. The van der Waals surface area contributed by atoms with Gasteiger partial charge in [-0.25, -0.2) is 14.0 Å². The molecule has 2 saturated heterocycles. The van der Waals surface area contributed by atoms with E-state index >= 15 is 0 Å². The molecule has 16 heteroatoms. The van der Waals surface area contributed by atoms with Crippen LogP contribution in [-0.2, 0) is 19.1 Å². The van der Waals surface area contributed by atoms with Crippen LogP contribution in [0.5, 0.6) is 0 Å². The Morgan fingerprint density at radius 3 is 1.73 bits per heavy atom. The Hall–Kier alpha value is -2.20. The molecular weight excluding hydrogens is 523 g/mol. The molecule has 1 saturated carbocycles. The maximum atomic E-state index is 14.0. The quantitative estimate of drug-likeness (QED) is 0.509. The van der Waals surface area contributed by atoms with Crippen molar-refractivity contribution in [3.05, 3.63) is 0 Å². The second kappa shape index (κ2) is 13.0. The molecule has 2 aliphatic heterocycles. The summed E-state index contributed by atoms with van der Waals surface area (Å²) in [7, 11) is 4.19. The average Bonchev–Trinajstić information content (AvgIpc) is 3.55. The van der Waals surface area contributed by atoms with Crippen molar-refractivity contribution in [2.24, 2.45) is 5.41 Å². The van der Waals surface area contributed by atoms with Gasteiger partial charge in [-0.15, -0.1) is 0 Å². The lowest BCUT2D eigenvalue weighted by Crippen LogP contribution is -2.51. The van der Waals surface area contributed by atoms with Crippen LogP contribution >= 0.6 is 0 Å². The standard InChI is InChI=1S/C17H30FN3O2.2C2HF3O2/c1-19(2)9-10-20-11-12-23-14-16(13-20)5-7-21(8-6-16)15(22)17(18)3-4-17;2*3-2(4,5)1(6)7/h3-14H2,1-2H3;2*(H,6,7). The van der Waals surface area contributed by atoms with Gasteiger partial charge < -0.3 is 24.7 Å². The molecule has 1 amide bonds. The van der Waals surface area contributed by atoms with E-state index in [9.17, 15) is 35.5 Å². The number of rotatable bonds is 4. The Labute approximate surface area is 209 Å². The van der Waals surface area contributed by atoms with Gasteiger partial charge in [0, 0.05) is 44.7 Å². The Kier molecular flexibility index (Phi) is 11.6. The van der Waals surface area contributed by atoms with Gasteiger partial charge in [0.1, 0.15) is 0 Å². The summed E-state index contributed by atoms with van der Waals surface area (Å²) in [6, 6.07) is 0. The number of nitrogens with zero attached hydrogens (tertiary/aromatic N) is 3. The van der Waals surface area contributed by atoms with Gasteiger partial charge in [0.15, 0.2) is 5.67 Å². The smallest absolute Gasteiger partial charge is 0.475 e. The van der Waals surface area contributed by atoms with E-state index < -0.39 is 30.0 Å². The number of carboxylic acid groups (broad SMARTS) is 2. The number of ether oxygens (including phenoxy) is 1. The molecule has 0 aromatic carbocycles. The molecule has 2 N–H and O–H groups in total. The summed E-state index contributed by atoms with van der Waals surface area (Å²) < 4.78 is 83.3. The molecule has 0 bridgehead atoms. The molecule has 37 heavy (non-hydrogen) atoms. The van der Waals surface area contributed by atoms with E-state index in [0.717, 1.165) is 52.2 Å². The first kappa shape index (κ1) is 32.8. The van der Waals surface area contributed by atoms with Crippen LogP contribution in [-0.4, -0.2) is 127 Å². The van der Waals surface area contributed by atoms with Crippen LogP contribution in [0.25, 0.3) is 0 Å². The summed E-state index contributed by atoms with van der Waals surface area (Å²) in [5, 5.41) is 14.2. The predicted molar refractivity (Wildman–Crippen MR) is 115 cm³/mol. The molecular formula is C21H32F7N3O6. The van der Waals surface area contributed by atoms with Crippen LogP contribution in [0.4, 0.5) is 30.7 Å². The fraction of sp³-hybridized carbons (Fsp3) is 0.857. The van der Waals surface area contributed by atoms with Crippen LogP contribution in [0.2, 0.25) is 0 Å². The number of aliphatic carboxylic acids is 2. The number of piperidine rings is 1. The first-order chi connectivity index (χ1) is 16.8. The normalized spacial score (nSPS) is 21.2. The zero-order chi connectivity index (χ0) is 28.7. The van der Waals surface area contributed by atoms with E-state index in [0.29, 0.717) is 25.9 Å². The zero-order valence-electron chi connectivity index (χ0n) is 20.5. The third-order valence-electron chi connectivity index (χ3n) is 6.05. The van der Waals surface area contributed by atoms with Crippen molar-refractivity contribution in [2.75, 3.05) is 66.6 Å². The van der Waals surface area contributed by atoms with Crippen molar-refractivity contribution < 1.29 is 60.1 Å². The maximum absolute atomic E-state index is 14.0. The van der Waals surface area contributed by atoms with E-state index in [1.165, 1.54) is 0 Å². The molecule has 0 atom stereocenters. The lowest BCUT2D eigenvalue weighted by atomic mass is 9.78. The first-order valence-corrected chi connectivity index (χ1v) is 11.3. The number of carboxylic acids is 2. The Bertz CT molecular complexity index is 756. The van der Waals surface area contributed by atoms with Gasteiger partial charge in [-0.05, 0) is 39.8 Å². The van der Waals surface area contributed by atoms with Crippen LogP contribution in [0.15, 0.2) is 0 Å².